The van der Waals surface area contributed by atoms with Gasteiger partial charge in [0.05, 0.1) is 19.8 Å². The van der Waals surface area contributed by atoms with E-state index in [2.05, 4.69) is 50.3 Å². The average molecular weight is 441 g/mol. The lowest BCUT2D eigenvalue weighted by Crippen LogP contribution is -2.44. The molecule has 4 aliphatic rings. The molecule has 4 fully saturated rings. The van der Waals surface area contributed by atoms with Crippen molar-refractivity contribution in [1.82, 2.24) is 0 Å². The standard InChI is InChI=1S/C29H44O3/c1-3-5-7-9-21-30-27-23-31-26(22-32-27)24-10-12-25(13-11-24)29-18-15-28(16-19-29,17-20-29)14-8-6-4-2/h7,9-13,26-27H,3-6,8,14-23H2,1-2H3/b9-7+/t26-,27+,28?,29?/m0/s1. The Balaban J connectivity index is 1.26. The predicted molar refractivity (Wildman–Crippen MR) is 131 cm³/mol. The van der Waals surface area contributed by atoms with E-state index in [4.69, 9.17) is 14.2 Å². The first-order valence-electron chi connectivity index (χ1n) is 13.3. The van der Waals surface area contributed by atoms with E-state index in [0.717, 1.165) is 6.42 Å². The number of benzene rings is 1. The molecule has 1 heterocycles. The summed E-state index contributed by atoms with van der Waals surface area (Å²) >= 11 is 0. The van der Waals surface area contributed by atoms with Gasteiger partial charge in [-0.3, -0.25) is 0 Å². The first-order chi connectivity index (χ1) is 15.7. The fourth-order valence-corrected chi connectivity index (χ4v) is 6.16. The summed E-state index contributed by atoms with van der Waals surface area (Å²) in [5.41, 5.74) is 3.89. The molecule has 3 saturated carbocycles. The molecule has 3 nitrogen and oxygen atoms in total. The molecule has 1 aromatic carbocycles. The van der Waals surface area contributed by atoms with Crippen LogP contribution in [0.4, 0.5) is 0 Å². The van der Waals surface area contributed by atoms with Crippen molar-refractivity contribution in [2.75, 3.05) is 19.8 Å². The number of allylic oxidation sites excluding steroid dienone is 1. The van der Waals surface area contributed by atoms with Gasteiger partial charge < -0.3 is 14.2 Å². The maximum Gasteiger partial charge on any atom is 0.181 e. The molecule has 0 aromatic heterocycles. The highest BCUT2D eigenvalue weighted by Gasteiger charge is 2.48. The Labute approximate surface area is 195 Å². The summed E-state index contributed by atoms with van der Waals surface area (Å²) in [5.74, 6) is 0. The van der Waals surface area contributed by atoms with Crippen LogP contribution in [0.3, 0.4) is 0 Å². The zero-order valence-electron chi connectivity index (χ0n) is 20.5. The first-order valence-corrected chi connectivity index (χ1v) is 13.3. The molecule has 32 heavy (non-hydrogen) atoms. The molecule has 0 unspecified atom stereocenters. The van der Waals surface area contributed by atoms with E-state index in [9.17, 15) is 0 Å². The highest BCUT2D eigenvalue weighted by atomic mass is 16.7. The third-order valence-electron chi connectivity index (χ3n) is 8.47. The summed E-state index contributed by atoms with van der Waals surface area (Å²) in [6.45, 7) is 6.15. The van der Waals surface area contributed by atoms with Gasteiger partial charge in [-0.15, -0.1) is 0 Å². The Bertz CT molecular complexity index is 690. The molecule has 1 saturated heterocycles. The van der Waals surface area contributed by atoms with Crippen molar-refractivity contribution in [3.63, 3.8) is 0 Å². The molecular weight excluding hydrogens is 396 g/mol. The van der Waals surface area contributed by atoms with Crippen LogP contribution in [0.5, 0.6) is 0 Å². The van der Waals surface area contributed by atoms with Crippen LogP contribution < -0.4 is 0 Å². The van der Waals surface area contributed by atoms with Crippen LogP contribution in [0, 0.1) is 5.41 Å². The van der Waals surface area contributed by atoms with E-state index in [1.165, 1.54) is 76.2 Å². The van der Waals surface area contributed by atoms with E-state index in [-0.39, 0.29) is 12.4 Å². The molecule has 3 aliphatic carbocycles. The third kappa shape index (κ3) is 5.66. The molecule has 5 rings (SSSR count). The number of rotatable bonds is 11. The largest absolute Gasteiger partial charge is 0.366 e. The predicted octanol–water partition coefficient (Wildman–Crippen LogP) is 7.65. The molecule has 2 atom stereocenters. The summed E-state index contributed by atoms with van der Waals surface area (Å²) in [5, 5.41) is 0. The van der Waals surface area contributed by atoms with Gasteiger partial charge in [0.2, 0.25) is 0 Å². The van der Waals surface area contributed by atoms with Gasteiger partial charge in [0.15, 0.2) is 6.29 Å². The van der Waals surface area contributed by atoms with Crippen LogP contribution in [-0.4, -0.2) is 26.1 Å². The van der Waals surface area contributed by atoms with Gasteiger partial charge in [0, 0.05) is 0 Å². The highest BCUT2D eigenvalue weighted by molar-refractivity contribution is 5.32. The maximum atomic E-state index is 6.09. The van der Waals surface area contributed by atoms with Gasteiger partial charge in [0.1, 0.15) is 6.10 Å². The van der Waals surface area contributed by atoms with Crippen LogP contribution >= 0.6 is 0 Å². The second-order valence-electron chi connectivity index (χ2n) is 10.5. The molecule has 0 N–H and O–H groups in total. The van der Waals surface area contributed by atoms with Gasteiger partial charge in [0.25, 0.3) is 0 Å². The summed E-state index contributed by atoms with van der Waals surface area (Å²) in [6.07, 6.45) is 20.4. The van der Waals surface area contributed by atoms with Gasteiger partial charge in [-0.25, -0.2) is 0 Å². The molecule has 2 bridgehead atoms. The molecule has 0 amide bonds. The number of fused-ring (bicyclic) bond motifs is 3. The third-order valence-corrected chi connectivity index (χ3v) is 8.47. The van der Waals surface area contributed by atoms with E-state index in [1.807, 2.05) is 0 Å². The summed E-state index contributed by atoms with van der Waals surface area (Å²) < 4.78 is 17.8. The number of hydrogen-bond acceptors (Lipinski definition) is 3. The van der Waals surface area contributed by atoms with Gasteiger partial charge >= 0.3 is 0 Å². The smallest absolute Gasteiger partial charge is 0.181 e. The van der Waals surface area contributed by atoms with Crippen LogP contribution in [0.25, 0.3) is 0 Å². The normalized spacial score (nSPS) is 32.6. The minimum absolute atomic E-state index is 0.0148. The minimum Gasteiger partial charge on any atom is -0.366 e. The molecular formula is C29H44O3. The van der Waals surface area contributed by atoms with Gasteiger partial charge in [-0.1, -0.05) is 75.9 Å². The summed E-state index contributed by atoms with van der Waals surface area (Å²) in [4.78, 5) is 0. The van der Waals surface area contributed by atoms with Crippen molar-refractivity contribution < 1.29 is 14.2 Å². The quantitative estimate of drug-likeness (QED) is 0.261. The SMILES string of the molecule is CCC/C=C/CO[C@H]1CO[C@H](c2ccc(C34CCC(CCCCC)(CC3)CC4)cc2)CO1. The lowest BCUT2D eigenvalue weighted by atomic mass is 9.51. The maximum absolute atomic E-state index is 6.09. The Morgan fingerprint density at radius 1 is 0.875 bits per heavy atom. The van der Waals surface area contributed by atoms with Gasteiger partial charge in [-0.2, -0.15) is 0 Å². The van der Waals surface area contributed by atoms with E-state index >= 15 is 0 Å². The van der Waals surface area contributed by atoms with Crippen LogP contribution in [0.1, 0.15) is 108 Å². The van der Waals surface area contributed by atoms with E-state index < -0.39 is 0 Å². The molecule has 0 spiro atoms. The Kier molecular flexibility index (Phi) is 8.48. The summed E-state index contributed by atoms with van der Waals surface area (Å²) in [7, 11) is 0. The second-order valence-corrected chi connectivity index (χ2v) is 10.5. The van der Waals surface area contributed by atoms with Crippen molar-refractivity contribution in [3.05, 3.63) is 47.5 Å². The molecule has 0 radical (unpaired) electrons. The molecule has 1 aliphatic heterocycles. The van der Waals surface area contributed by atoms with Crippen molar-refractivity contribution in [2.45, 2.75) is 109 Å². The Morgan fingerprint density at radius 2 is 1.62 bits per heavy atom. The molecule has 1 aromatic rings. The lowest BCUT2D eigenvalue weighted by Gasteiger charge is -2.54. The number of ether oxygens (including phenoxy) is 3. The number of unbranched alkanes of at least 4 members (excludes halogenated alkanes) is 3. The highest BCUT2D eigenvalue weighted by Crippen LogP contribution is 2.59. The van der Waals surface area contributed by atoms with Crippen molar-refractivity contribution in [2.24, 2.45) is 5.41 Å². The van der Waals surface area contributed by atoms with Crippen molar-refractivity contribution in [1.29, 1.82) is 0 Å². The topological polar surface area (TPSA) is 27.7 Å². The second kappa shape index (κ2) is 11.3. The van der Waals surface area contributed by atoms with Crippen LogP contribution in [0.15, 0.2) is 36.4 Å². The van der Waals surface area contributed by atoms with E-state index in [0.29, 0.717) is 30.7 Å². The molecule has 3 heteroatoms. The lowest BCUT2D eigenvalue weighted by molar-refractivity contribution is -0.232. The molecule has 178 valence electrons. The van der Waals surface area contributed by atoms with Crippen molar-refractivity contribution >= 4 is 0 Å². The average Bonchev–Trinajstić information content (AvgIpc) is 2.86. The fraction of sp³-hybridized carbons (Fsp3) is 0.724. The fourth-order valence-electron chi connectivity index (χ4n) is 6.16. The van der Waals surface area contributed by atoms with E-state index in [1.54, 1.807) is 5.56 Å². The van der Waals surface area contributed by atoms with Crippen LogP contribution in [-0.2, 0) is 19.6 Å². The Morgan fingerprint density at radius 3 is 2.25 bits per heavy atom. The summed E-state index contributed by atoms with van der Waals surface area (Å²) in [6, 6.07) is 9.33. The number of hydrogen-bond donors (Lipinski definition) is 0. The zero-order valence-corrected chi connectivity index (χ0v) is 20.5. The zero-order chi connectivity index (χ0) is 22.3. The monoisotopic (exact) mass is 440 g/mol. The van der Waals surface area contributed by atoms with Gasteiger partial charge in [-0.05, 0) is 73.3 Å². The first kappa shape index (κ1) is 24.0. The minimum atomic E-state index is -0.252. The van der Waals surface area contributed by atoms with Crippen LogP contribution in [0.2, 0.25) is 0 Å². The Hall–Kier alpha value is -1.16. The van der Waals surface area contributed by atoms with Crippen molar-refractivity contribution in [3.8, 4) is 0 Å².